The number of amides is 1. The van der Waals surface area contributed by atoms with E-state index < -0.39 is 0 Å². The lowest BCUT2D eigenvalue weighted by molar-refractivity contribution is -0.111. The maximum atomic E-state index is 12.7. The number of aromatic nitrogens is 2. The largest absolute Gasteiger partial charge is 0.492 e. The number of halogens is 1. The molecule has 0 aliphatic rings. The highest BCUT2D eigenvalue weighted by atomic mass is 35.5. The SMILES string of the molecule is CCOc1cc2ncc(C#N)c(Nc3ccc(OCc4ccnc5ccccc45)c(Cl)c3)c2cc1NC(=O)/C=C/CN(C)C. The van der Waals surface area contributed by atoms with Gasteiger partial charge in [0.05, 0.1) is 39.6 Å². The van der Waals surface area contributed by atoms with Crippen molar-refractivity contribution in [3.05, 3.63) is 101 Å². The van der Waals surface area contributed by atoms with E-state index in [-0.39, 0.29) is 5.91 Å². The summed E-state index contributed by atoms with van der Waals surface area (Å²) in [5.74, 6) is 0.698. The van der Waals surface area contributed by atoms with Gasteiger partial charge in [-0.05, 0) is 57.4 Å². The molecule has 44 heavy (non-hydrogen) atoms. The molecule has 0 spiro atoms. The first-order valence-electron chi connectivity index (χ1n) is 14.0. The molecule has 0 bridgehead atoms. The standard InChI is InChI=1S/C34H31ClN6O3/c1-4-43-32-18-29-26(17-30(32)40-33(42)10-7-15-41(2)3)34(23(19-36)20-38-29)39-24-11-12-31(27(35)16-24)44-21-22-13-14-37-28-9-6-5-8-25(22)28/h5-14,16-18,20H,4,15,21H2,1-3H3,(H,38,39)(H,40,42)/b10-7+. The Morgan fingerprint density at radius 2 is 1.86 bits per heavy atom. The van der Waals surface area contributed by atoms with Gasteiger partial charge in [0.2, 0.25) is 5.91 Å². The van der Waals surface area contributed by atoms with Crippen molar-refractivity contribution in [2.24, 2.45) is 0 Å². The van der Waals surface area contributed by atoms with Crippen molar-refractivity contribution in [2.75, 3.05) is 37.9 Å². The molecule has 5 aromatic rings. The topological polar surface area (TPSA) is 112 Å². The van der Waals surface area contributed by atoms with E-state index in [1.54, 1.807) is 36.5 Å². The highest BCUT2D eigenvalue weighted by Crippen LogP contribution is 2.37. The number of carbonyl (C=O) groups is 1. The third-order valence-electron chi connectivity index (χ3n) is 6.71. The van der Waals surface area contributed by atoms with E-state index in [4.69, 9.17) is 21.1 Å². The molecule has 2 N–H and O–H groups in total. The van der Waals surface area contributed by atoms with Gasteiger partial charge >= 0.3 is 0 Å². The van der Waals surface area contributed by atoms with E-state index in [2.05, 4.69) is 26.7 Å². The molecular formula is C34H31ClN6O3. The molecule has 0 aliphatic carbocycles. The number of nitriles is 1. The Labute approximate surface area is 260 Å². The predicted octanol–water partition coefficient (Wildman–Crippen LogP) is 7.09. The Morgan fingerprint density at radius 1 is 1.02 bits per heavy atom. The number of ether oxygens (including phenoxy) is 2. The van der Waals surface area contributed by atoms with Crippen molar-refractivity contribution < 1.29 is 14.3 Å². The molecule has 2 aromatic heterocycles. The quantitative estimate of drug-likeness (QED) is 0.153. The van der Waals surface area contributed by atoms with Crippen molar-refractivity contribution in [3.8, 4) is 17.6 Å². The fourth-order valence-corrected chi connectivity index (χ4v) is 4.87. The van der Waals surface area contributed by atoms with E-state index in [0.29, 0.717) is 69.8 Å². The third-order valence-corrected chi connectivity index (χ3v) is 7.01. The lowest BCUT2D eigenvalue weighted by atomic mass is 10.1. The molecule has 5 rings (SSSR count). The average molecular weight is 607 g/mol. The lowest BCUT2D eigenvalue weighted by Crippen LogP contribution is -2.13. The number of hydrogen-bond acceptors (Lipinski definition) is 8. The average Bonchev–Trinajstić information content (AvgIpc) is 3.01. The zero-order valence-electron chi connectivity index (χ0n) is 24.6. The van der Waals surface area contributed by atoms with E-state index in [9.17, 15) is 10.1 Å². The minimum Gasteiger partial charge on any atom is -0.492 e. The molecule has 0 saturated carbocycles. The highest BCUT2D eigenvalue weighted by Gasteiger charge is 2.16. The van der Waals surface area contributed by atoms with Crippen molar-refractivity contribution in [3.63, 3.8) is 0 Å². The number of nitrogens with zero attached hydrogens (tertiary/aromatic N) is 4. The monoisotopic (exact) mass is 606 g/mol. The Morgan fingerprint density at radius 3 is 2.64 bits per heavy atom. The van der Waals surface area contributed by atoms with Crippen LogP contribution in [0.5, 0.6) is 11.5 Å². The molecule has 0 fully saturated rings. The fourth-order valence-electron chi connectivity index (χ4n) is 4.63. The van der Waals surface area contributed by atoms with Gasteiger partial charge in [-0.25, -0.2) is 0 Å². The fraction of sp³-hybridized carbons (Fsp3) is 0.176. The number of benzene rings is 3. The van der Waals surface area contributed by atoms with Gasteiger partial charge in [-0.1, -0.05) is 35.9 Å². The first-order valence-corrected chi connectivity index (χ1v) is 14.4. The first-order chi connectivity index (χ1) is 21.4. The minimum atomic E-state index is -0.298. The van der Waals surface area contributed by atoms with E-state index in [1.807, 2.05) is 62.3 Å². The maximum Gasteiger partial charge on any atom is 0.248 e. The number of para-hydroxylation sites is 1. The second-order valence-electron chi connectivity index (χ2n) is 10.2. The summed E-state index contributed by atoms with van der Waals surface area (Å²) >= 11 is 6.64. The van der Waals surface area contributed by atoms with Gasteiger partial charge in [-0.3, -0.25) is 14.8 Å². The summed E-state index contributed by atoms with van der Waals surface area (Å²) in [5, 5.41) is 18.2. The summed E-state index contributed by atoms with van der Waals surface area (Å²) in [7, 11) is 3.84. The third kappa shape index (κ3) is 7.06. The van der Waals surface area contributed by atoms with Crippen molar-refractivity contribution in [1.82, 2.24) is 14.9 Å². The molecule has 9 nitrogen and oxygen atoms in total. The number of nitrogens with one attached hydrogen (secondary N) is 2. The number of carbonyl (C=O) groups excluding carboxylic acids is 1. The highest BCUT2D eigenvalue weighted by molar-refractivity contribution is 6.32. The van der Waals surface area contributed by atoms with Crippen LogP contribution in [0, 0.1) is 11.3 Å². The molecule has 0 atom stereocenters. The van der Waals surface area contributed by atoms with Crippen LogP contribution in [0.4, 0.5) is 17.1 Å². The zero-order chi connectivity index (χ0) is 31.1. The van der Waals surface area contributed by atoms with Gasteiger partial charge in [-0.15, -0.1) is 0 Å². The van der Waals surface area contributed by atoms with Gasteiger partial charge < -0.3 is 25.0 Å². The van der Waals surface area contributed by atoms with Crippen LogP contribution >= 0.6 is 11.6 Å². The van der Waals surface area contributed by atoms with Crippen LogP contribution in [0.1, 0.15) is 18.1 Å². The number of fused-ring (bicyclic) bond motifs is 2. The van der Waals surface area contributed by atoms with Crippen molar-refractivity contribution in [2.45, 2.75) is 13.5 Å². The molecule has 0 aliphatic heterocycles. The van der Waals surface area contributed by atoms with Crippen LogP contribution in [-0.2, 0) is 11.4 Å². The van der Waals surface area contributed by atoms with Gasteiger partial charge in [0.25, 0.3) is 0 Å². The van der Waals surface area contributed by atoms with Crippen LogP contribution in [-0.4, -0.2) is 48.0 Å². The van der Waals surface area contributed by atoms with E-state index >= 15 is 0 Å². The van der Waals surface area contributed by atoms with E-state index in [1.165, 1.54) is 12.3 Å². The normalized spacial score (nSPS) is 11.2. The van der Waals surface area contributed by atoms with Crippen LogP contribution in [0.3, 0.4) is 0 Å². The van der Waals surface area contributed by atoms with Crippen LogP contribution in [0.25, 0.3) is 21.8 Å². The lowest BCUT2D eigenvalue weighted by Gasteiger charge is -2.16. The molecule has 0 saturated heterocycles. The summed E-state index contributed by atoms with van der Waals surface area (Å²) in [6.07, 6.45) is 6.51. The number of anilines is 3. The number of pyridine rings is 2. The predicted molar refractivity (Wildman–Crippen MR) is 175 cm³/mol. The van der Waals surface area contributed by atoms with Crippen molar-refractivity contribution >= 4 is 56.4 Å². The second-order valence-corrected chi connectivity index (χ2v) is 10.6. The summed E-state index contributed by atoms with van der Waals surface area (Å²) < 4.78 is 11.9. The van der Waals surface area contributed by atoms with Crippen LogP contribution < -0.4 is 20.1 Å². The molecule has 0 radical (unpaired) electrons. The molecular weight excluding hydrogens is 576 g/mol. The van der Waals surface area contributed by atoms with Gasteiger partial charge in [0.1, 0.15) is 24.2 Å². The molecule has 10 heteroatoms. The molecule has 0 unspecified atom stereocenters. The Kier molecular flexibility index (Phi) is 9.55. The Hall–Kier alpha value is -5.17. The van der Waals surface area contributed by atoms with Gasteiger partial charge in [0, 0.05) is 53.1 Å². The number of likely N-dealkylation sites (N-methyl/N-ethyl adjacent to an activating group) is 1. The zero-order valence-corrected chi connectivity index (χ0v) is 25.4. The van der Waals surface area contributed by atoms with Crippen LogP contribution in [0.2, 0.25) is 5.02 Å². The Balaban J connectivity index is 1.42. The Bertz CT molecular complexity index is 1900. The summed E-state index contributed by atoms with van der Waals surface area (Å²) in [6, 6.07) is 20.9. The number of rotatable bonds is 11. The summed E-state index contributed by atoms with van der Waals surface area (Å²) in [4.78, 5) is 23.5. The molecule has 2 heterocycles. The van der Waals surface area contributed by atoms with E-state index in [0.717, 1.165) is 16.5 Å². The smallest absolute Gasteiger partial charge is 0.248 e. The minimum absolute atomic E-state index is 0.298. The molecule has 3 aromatic carbocycles. The van der Waals surface area contributed by atoms with Gasteiger partial charge in [0.15, 0.2) is 0 Å². The summed E-state index contributed by atoms with van der Waals surface area (Å²) in [6.45, 7) is 3.21. The van der Waals surface area contributed by atoms with Crippen molar-refractivity contribution in [1.29, 1.82) is 5.26 Å². The first kappa shape index (κ1) is 30.3. The second kappa shape index (κ2) is 13.9. The summed E-state index contributed by atoms with van der Waals surface area (Å²) in [5.41, 5.74) is 4.44. The van der Waals surface area contributed by atoms with Crippen LogP contribution in [0.15, 0.2) is 85.2 Å². The number of hydrogen-bond donors (Lipinski definition) is 2. The maximum absolute atomic E-state index is 12.7. The van der Waals surface area contributed by atoms with Gasteiger partial charge in [-0.2, -0.15) is 5.26 Å². The molecule has 1 amide bonds. The molecule has 222 valence electrons.